The van der Waals surface area contributed by atoms with Gasteiger partial charge in [-0.2, -0.15) is 0 Å². The van der Waals surface area contributed by atoms with E-state index in [1.165, 1.54) is 0 Å². The molecule has 2 N–H and O–H groups in total. The van der Waals surface area contributed by atoms with Crippen LogP contribution in [0, 0.1) is 5.92 Å². The minimum absolute atomic E-state index is 0.0575. The maximum absolute atomic E-state index is 12.7. The van der Waals surface area contributed by atoms with Gasteiger partial charge in [-0.05, 0) is 55.8 Å². The van der Waals surface area contributed by atoms with E-state index in [0.717, 1.165) is 56.1 Å². The van der Waals surface area contributed by atoms with Crippen molar-refractivity contribution in [2.75, 3.05) is 44.2 Å². The predicted octanol–water partition coefficient (Wildman–Crippen LogP) is 4.92. The van der Waals surface area contributed by atoms with Gasteiger partial charge in [0.05, 0.1) is 21.7 Å². The smallest absolute Gasteiger partial charge is 0.229 e. The molecule has 2 aliphatic heterocycles. The lowest BCUT2D eigenvalue weighted by atomic mass is 10.0. The second-order valence-corrected chi connectivity index (χ2v) is 9.81. The van der Waals surface area contributed by atoms with Gasteiger partial charge in [0.1, 0.15) is 0 Å². The summed E-state index contributed by atoms with van der Waals surface area (Å²) in [5.41, 5.74) is 3.03. The van der Waals surface area contributed by atoms with Gasteiger partial charge in [0.2, 0.25) is 5.91 Å². The van der Waals surface area contributed by atoms with Crippen molar-refractivity contribution in [2.24, 2.45) is 5.92 Å². The maximum Gasteiger partial charge on any atom is 0.229 e. The van der Waals surface area contributed by atoms with E-state index >= 15 is 0 Å². The van der Waals surface area contributed by atoms with E-state index in [4.69, 9.17) is 34.8 Å². The van der Waals surface area contributed by atoms with E-state index in [1.54, 1.807) is 0 Å². The lowest BCUT2D eigenvalue weighted by Crippen LogP contribution is -2.47. The molecule has 4 rings (SSSR count). The fraction of sp³-hybridized carbons (Fsp3) is 0.400. The van der Waals surface area contributed by atoms with Crippen molar-refractivity contribution in [3.8, 4) is 0 Å². The Morgan fingerprint density at radius 3 is 2.52 bits per heavy atom. The fourth-order valence-corrected chi connectivity index (χ4v) is 4.94. The zero-order valence-electron chi connectivity index (χ0n) is 18.7. The van der Waals surface area contributed by atoms with Crippen molar-refractivity contribution in [2.45, 2.75) is 19.4 Å². The Bertz CT molecular complexity index is 1000. The highest BCUT2D eigenvalue weighted by molar-refractivity contribution is 6.43. The summed E-state index contributed by atoms with van der Waals surface area (Å²) >= 11 is 18.5. The molecule has 2 aromatic carbocycles. The Balaban J connectivity index is 1.19. The van der Waals surface area contributed by atoms with Gasteiger partial charge in [-0.1, -0.05) is 53.0 Å². The number of hydrogen-bond donors (Lipinski definition) is 2. The van der Waals surface area contributed by atoms with Crippen LogP contribution in [-0.2, 0) is 4.79 Å². The van der Waals surface area contributed by atoms with Gasteiger partial charge in [-0.25, -0.2) is 0 Å². The number of nitrogens with zero attached hydrogens (tertiary/aromatic N) is 2. The lowest BCUT2D eigenvalue weighted by molar-refractivity contribution is -0.123. The number of amides is 1. The van der Waals surface area contributed by atoms with Gasteiger partial charge in [0.25, 0.3) is 0 Å². The summed E-state index contributed by atoms with van der Waals surface area (Å²) in [6.07, 6.45) is 2.94. The van der Waals surface area contributed by atoms with Crippen LogP contribution in [0.1, 0.15) is 18.9 Å². The number of halogens is 3. The normalized spacial score (nSPS) is 21.0. The molecule has 33 heavy (non-hydrogen) atoms. The van der Waals surface area contributed by atoms with Crippen molar-refractivity contribution < 1.29 is 4.79 Å². The standard InChI is InChI=1S/C25H29Cl3N4O/c1-17-20(16-22(30-17)18-6-8-19(26)9-7-18)25(33)29-10-3-11-31-12-14-32(15-13-31)23-5-2-4-21(27)24(23)28/h2,4-9,16-17,20,30H,3,10-15H2,1H3,(H,29,33). The van der Waals surface area contributed by atoms with Gasteiger partial charge >= 0.3 is 0 Å². The SMILES string of the molecule is CC1NC(c2ccc(Cl)cc2)=CC1C(=O)NCCCN1CCN(c2cccc(Cl)c2Cl)CC1. The predicted molar refractivity (Wildman–Crippen MR) is 138 cm³/mol. The number of anilines is 1. The third-order valence-electron chi connectivity index (χ3n) is 6.32. The molecule has 0 bridgehead atoms. The number of benzene rings is 2. The molecule has 8 heteroatoms. The first-order valence-corrected chi connectivity index (χ1v) is 12.5. The molecule has 0 radical (unpaired) electrons. The molecule has 0 aromatic heterocycles. The molecule has 0 saturated carbocycles. The van der Waals surface area contributed by atoms with Crippen LogP contribution in [0.25, 0.3) is 5.70 Å². The molecule has 1 fully saturated rings. The van der Waals surface area contributed by atoms with Crippen LogP contribution < -0.4 is 15.5 Å². The Morgan fingerprint density at radius 1 is 1.06 bits per heavy atom. The Morgan fingerprint density at radius 2 is 1.79 bits per heavy atom. The van der Waals surface area contributed by atoms with E-state index < -0.39 is 0 Å². The van der Waals surface area contributed by atoms with Crippen LogP contribution in [0.15, 0.2) is 48.5 Å². The summed E-state index contributed by atoms with van der Waals surface area (Å²) in [6.45, 7) is 7.43. The largest absolute Gasteiger partial charge is 0.381 e. The quantitative estimate of drug-likeness (QED) is 0.522. The van der Waals surface area contributed by atoms with Crippen molar-refractivity contribution >= 4 is 52.1 Å². The van der Waals surface area contributed by atoms with Crippen LogP contribution in [0.5, 0.6) is 0 Å². The topological polar surface area (TPSA) is 47.6 Å². The zero-order chi connectivity index (χ0) is 23.4. The van der Waals surface area contributed by atoms with Crippen molar-refractivity contribution in [1.29, 1.82) is 0 Å². The van der Waals surface area contributed by atoms with E-state index in [9.17, 15) is 4.79 Å². The highest BCUT2D eigenvalue weighted by Gasteiger charge is 2.29. The average molecular weight is 508 g/mol. The monoisotopic (exact) mass is 506 g/mol. The maximum atomic E-state index is 12.7. The summed E-state index contributed by atoms with van der Waals surface area (Å²) in [5, 5.41) is 8.44. The van der Waals surface area contributed by atoms with Gasteiger partial charge in [0, 0.05) is 49.5 Å². The molecule has 2 heterocycles. The molecule has 5 nitrogen and oxygen atoms in total. The molecule has 2 atom stereocenters. The van der Waals surface area contributed by atoms with Gasteiger partial charge < -0.3 is 15.5 Å². The number of rotatable bonds is 7. The number of carbonyl (C=O) groups excluding carboxylic acids is 1. The number of nitrogens with one attached hydrogen (secondary N) is 2. The van der Waals surface area contributed by atoms with Gasteiger partial charge in [0.15, 0.2) is 0 Å². The first-order valence-electron chi connectivity index (χ1n) is 11.4. The van der Waals surface area contributed by atoms with Gasteiger partial charge in [-0.3, -0.25) is 9.69 Å². The van der Waals surface area contributed by atoms with E-state index in [1.807, 2.05) is 55.5 Å². The number of hydrogen-bond acceptors (Lipinski definition) is 4. The average Bonchev–Trinajstić information content (AvgIpc) is 3.21. The molecule has 0 aliphatic carbocycles. The highest BCUT2D eigenvalue weighted by Crippen LogP contribution is 2.33. The second kappa shape index (κ2) is 11.0. The van der Waals surface area contributed by atoms with Crippen molar-refractivity contribution in [3.05, 3.63) is 69.2 Å². The van der Waals surface area contributed by atoms with E-state index in [-0.39, 0.29) is 17.9 Å². The Kier molecular flexibility index (Phi) is 8.07. The minimum atomic E-state index is -0.179. The number of carbonyl (C=O) groups is 1. The second-order valence-electron chi connectivity index (χ2n) is 8.59. The van der Waals surface area contributed by atoms with Crippen LogP contribution >= 0.6 is 34.8 Å². The molecule has 1 saturated heterocycles. The van der Waals surface area contributed by atoms with Crippen LogP contribution in [0.3, 0.4) is 0 Å². The third-order valence-corrected chi connectivity index (χ3v) is 7.38. The lowest BCUT2D eigenvalue weighted by Gasteiger charge is -2.36. The van der Waals surface area contributed by atoms with E-state index in [0.29, 0.717) is 21.6 Å². The summed E-state index contributed by atoms with van der Waals surface area (Å²) < 4.78 is 0. The van der Waals surface area contributed by atoms with Crippen LogP contribution in [-0.4, -0.2) is 56.1 Å². The highest BCUT2D eigenvalue weighted by atomic mass is 35.5. The minimum Gasteiger partial charge on any atom is -0.381 e. The Hall–Kier alpha value is -1.92. The van der Waals surface area contributed by atoms with Crippen LogP contribution in [0.2, 0.25) is 15.1 Å². The molecule has 2 aromatic rings. The molecular formula is C25H29Cl3N4O. The molecular weight excluding hydrogens is 479 g/mol. The summed E-state index contributed by atoms with van der Waals surface area (Å²) in [6, 6.07) is 13.5. The van der Waals surface area contributed by atoms with E-state index in [2.05, 4.69) is 20.4 Å². The zero-order valence-corrected chi connectivity index (χ0v) is 20.9. The third kappa shape index (κ3) is 5.96. The molecule has 2 unspecified atom stereocenters. The Labute approximate surface area is 210 Å². The number of piperazine rings is 1. The molecule has 176 valence electrons. The molecule has 1 amide bonds. The first-order chi connectivity index (χ1) is 15.9. The molecule has 0 spiro atoms. The molecule has 2 aliphatic rings. The van der Waals surface area contributed by atoms with Crippen molar-refractivity contribution in [1.82, 2.24) is 15.5 Å². The summed E-state index contributed by atoms with van der Waals surface area (Å²) in [4.78, 5) is 17.5. The summed E-state index contributed by atoms with van der Waals surface area (Å²) in [5.74, 6) is -0.110. The fourth-order valence-electron chi connectivity index (χ4n) is 4.40. The van der Waals surface area contributed by atoms with Crippen LogP contribution in [0.4, 0.5) is 5.69 Å². The van der Waals surface area contributed by atoms with Crippen molar-refractivity contribution in [3.63, 3.8) is 0 Å². The van der Waals surface area contributed by atoms with Gasteiger partial charge in [-0.15, -0.1) is 0 Å². The summed E-state index contributed by atoms with van der Waals surface area (Å²) in [7, 11) is 0. The first kappa shape index (κ1) is 24.2.